The molecule has 0 saturated heterocycles. The zero-order valence-corrected chi connectivity index (χ0v) is 8.15. The Morgan fingerprint density at radius 3 is 2.93 bits per heavy atom. The highest BCUT2D eigenvalue weighted by Crippen LogP contribution is 2.00. The van der Waals surface area contributed by atoms with Crippen molar-refractivity contribution in [3.05, 3.63) is 17.7 Å². The first-order valence-corrected chi connectivity index (χ1v) is 4.29. The monoisotopic (exact) mass is 212 g/mol. The zero-order chi connectivity index (χ0) is 11.4. The van der Waals surface area contributed by atoms with E-state index in [1.807, 2.05) is 0 Å². The van der Waals surface area contributed by atoms with Gasteiger partial charge in [-0.2, -0.15) is 0 Å². The first kappa shape index (κ1) is 11.2. The topological polar surface area (TPSA) is 121 Å². The molecule has 0 spiro atoms. The first-order valence-electron chi connectivity index (χ1n) is 4.29. The van der Waals surface area contributed by atoms with Crippen LogP contribution in [0.4, 0.5) is 0 Å². The minimum atomic E-state index is -1.10. The second-order valence-electron chi connectivity index (χ2n) is 2.97. The number of aromatic nitrogens is 2. The van der Waals surface area contributed by atoms with Crippen molar-refractivity contribution in [3.63, 3.8) is 0 Å². The molecule has 5 N–H and O–H groups in total. The Morgan fingerprint density at radius 1 is 1.73 bits per heavy atom. The van der Waals surface area contributed by atoms with E-state index in [1.165, 1.54) is 13.2 Å². The minimum absolute atomic E-state index is 0.0861. The molecule has 0 fully saturated rings. The van der Waals surface area contributed by atoms with Gasteiger partial charge in [0, 0.05) is 19.7 Å². The van der Waals surface area contributed by atoms with Crippen molar-refractivity contribution >= 4 is 11.9 Å². The third-order valence-corrected chi connectivity index (χ3v) is 1.82. The summed E-state index contributed by atoms with van der Waals surface area (Å²) in [5.41, 5.74) is 5.76. The van der Waals surface area contributed by atoms with E-state index < -0.39 is 12.0 Å². The van der Waals surface area contributed by atoms with Gasteiger partial charge in [0.15, 0.2) is 5.82 Å². The fourth-order valence-corrected chi connectivity index (χ4v) is 1.01. The second-order valence-corrected chi connectivity index (χ2v) is 2.97. The molecule has 7 nitrogen and oxygen atoms in total. The Hall–Kier alpha value is -1.89. The highest BCUT2D eigenvalue weighted by Gasteiger charge is 2.15. The number of nitrogens with two attached hydrogens (primary N) is 1. The molecule has 1 amide bonds. The van der Waals surface area contributed by atoms with Crippen molar-refractivity contribution in [2.45, 2.75) is 12.5 Å². The highest BCUT2D eigenvalue weighted by atomic mass is 16.4. The van der Waals surface area contributed by atoms with E-state index in [1.54, 1.807) is 0 Å². The number of nitrogens with one attached hydrogen (secondary N) is 2. The number of carboxylic acids is 1. The van der Waals surface area contributed by atoms with Gasteiger partial charge >= 0.3 is 5.97 Å². The maximum absolute atomic E-state index is 11.1. The van der Waals surface area contributed by atoms with E-state index >= 15 is 0 Å². The van der Waals surface area contributed by atoms with Crippen LogP contribution in [0.1, 0.15) is 16.3 Å². The van der Waals surface area contributed by atoms with E-state index in [-0.39, 0.29) is 18.2 Å². The number of carbonyl (C=O) groups excluding carboxylic acids is 1. The molecule has 1 atom stereocenters. The average molecular weight is 212 g/mol. The molecule has 0 aliphatic rings. The number of imidazole rings is 1. The highest BCUT2D eigenvalue weighted by molar-refractivity contribution is 5.90. The summed E-state index contributed by atoms with van der Waals surface area (Å²) in [7, 11) is 1.48. The molecule has 1 unspecified atom stereocenters. The lowest BCUT2D eigenvalue weighted by Gasteiger charge is -2.01. The van der Waals surface area contributed by atoms with Crippen molar-refractivity contribution in [2.75, 3.05) is 7.05 Å². The Kier molecular flexibility index (Phi) is 3.40. The summed E-state index contributed by atoms with van der Waals surface area (Å²) in [6.07, 6.45) is 1.55. The average Bonchev–Trinajstić information content (AvgIpc) is 2.65. The van der Waals surface area contributed by atoms with Crippen molar-refractivity contribution in [1.82, 2.24) is 15.3 Å². The second kappa shape index (κ2) is 4.56. The van der Waals surface area contributed by atoms with Gasteiger partial charge in [0.25, 0.3) is 5.91 Å². The number of hydrogen-bond donors (Lipinski definition) is 4. The fourth-order valence-electron chi connectivity index (χ4n) is 1.01. The van der Waals surface area contributed by atoms with Gasteiger partial charge in [-0.15, -0.1) is 0 Å². The third kappa shape index (κ3) is 2.78. The molecule has 1 aromatic rings. The lowest BCUT2D eigenvalue weighted by atomic mass is 10.2. The molecule has 15 heavy (non-hydrogen) atoms. The molecule has 0 aromatic carbocycles. The van der Waals surface area contributed by atoms with Gasteiger partial charge in [-0.3, -0.25) is 9.59 Å². The van der Waals surface area contributed by atoms with Crippen LogP contribution in [0.15, 0.2) is 6.20 Å². The van der Waals surface area contributed by atoms with E-state index in [0.29, 0.717) is 5.69 Å². The molecule has 1 rings (SSSR count). The Bertz CT molecular complexity index is 374. The van der Waals surface area contributed by atoms with Crippen molar-refractivity contribution in [2.24, 2.45) is 5.73 Å². The maximum atomic E-state index is 11.1. The lowest BCUT2D eigenvalue weighted by molar-refractivity contribution is -0.138. The van der Waals surface area contributed by atoms with E-state index in [9.17, 15) is 9.59 Å². The fraction of sp³-hybridized carbons (Fsp3) is 0.375. The van der Waals surface area contributed by atoms with Gasteiger partial charge in [-0.05, 0) is 0 Å². The number of nitrogens with zero attached hydrogens (tertiary/aromatic N) is 1. The third-order valence-electron chi connectivity index (χ3n) is 1.82. The number of rotatable bonds is 4. The van der Waals surface area contributed by atoms with Crippen molar-refractivity contribution < 1.29 is 14.7 Å². The molecule has 0 bridgehead atoms. The van der Waals surface area contributed by atoms with Crippen LogP contribution in [0.2, 0.25) is 0 Å². The molecule has 7 heteroatoms. The van der Waals surface area contributed by atoms with Crippen LogP contribution in [0.25, 0.3) is 0 Å². The quantitative estimate of drug-likeness (QED) is 0.495. The zero-order valence-electron chi connectivity index (χ0n) is 8.15. The van der Waals surface area contributed by atoms with Crippen LogP contribution in [-0.4, -0.2) is 40.0 Å². The normalized spacial score (nSPS) is 12.1. The number of aromatic amines is 1. The summed E-state index contributed by atoms with van der Waals surface area (Å²) < 4.78 is 0. The van der Waals surface area contributed by atoms with E-state index in [4.69, 9.17) is 10.8 Å². The molecule has 0 saturated carbocycles. The summed E-state index contributed by atoms with van der Waals surface area (Å²) in [5.74, 6) is -1.31. The smallest absolute Gasteiger partial charge is 0.320 e. The molecule has 0 radical (unpaired) electrons. The predicted octanol–water partition coefficient (Wildman–Crippen LogP) is -1.28. The van der Waals surface area contributed by atoms with Crippen LogP contribution in [0.5, 0.6) is 0 Å². The van der Waals surface area contributed by atoms with Crippen LogP contribution in [0.3, 0.4) is 0 Å². The maximum Gasteiger partial charge on any atom is 0.320 e. The summed E-state index contributed by atoms with van der Waals surface area (Å²) in [5, 5.41) is 11.0. The molecular formula is C8H12N4O3. The van der Waals surface area contributed by atoms with Crippen LogP contribution >= 0.6 is 0 Å². The summed E-state index contributed by atoms with van der Waals surface area (Å²) in [6, 6.07) is -1.01. The molecule has 82 valence electrons. The van der Waals surface area contributed by atoms with Crippen LogP contribution < -0.4 is 11.1 Å². The largest absolute Gasteiger partial charge is 0.480 e. The van der Waals surface area contributed by atoms with Gasteiger partial charge in [0.1, 0.15) is 6.04 Å². The number of H-pyrrole nitrogens is 1. The van der Waals surface area contributed by atoms with Gasteiger partial charge in [0.05, 0.1) is 5.69 Å². The lowest BCUT2D eigenvalue weighted by Crippen LogP contribution is -2.32. The number of aliphatic carboxylic acids is 1. The number of carboxylic acid groups (broad SMARTS) is 1. The van der Waals surface area contributed by atoms with E-state index in [2.05, 4.69) is 15.3 Å². The summed E-state index contributed by atoms with van der Waals surface area (Å²) in [4.78, 5) is 28.1. The van der Waals surface area contributed by atoms with Gasteiger partial charge < -0.3 is 21.1 Å². The summed E-state index contributed by atoms with van der Waals surface area (Å²) in [6.45, 7) is 0. The van der Waals surface area contributed by atoms with E-state index in [0.717, 1.165) is 0 Å². The van der Waals surface area contributed by atoms with Gasteiger partial charge in [0.2, 0.25) is 0 Å². The predicted molar refractivity (Wildman–Crippen MR) is 51.3 cm³/mol. The van der Waals surface area contributed by atoms with Crippen molar-refractivity contribution in [1.29, 1.82) is 0 Å². The molecule has 1 heterocycles. The summed E-state index contributed by atoms with van der Waals surface area (Å²) >= 11 is 0. The number of carbonyl (C=O) groups is 2. The molecule has 1 aromatic heterocycles. The standard InChI is InChI=1S/C8H12N4O3/c1-10-7(13)6-11-3-4(12-6)2-5(9)8(14)15/h3,5H,2,9H2,1H3,(H,10,13)(H,11,12)(H,14,15). The van der Waals surface area contributed by atoms with Gasteiger partial charge in [-0.25, -0.2) is 4.98 Å². The molecular weight excluding hydrogens is 200 g/mol. The molecule has 0 aliphatic heterocycles. The first-order chi connectivity index (χ1) is 7.04. The van der Waals surface area contributed by atoms with Gasteiger partial charge in [-0.1, -0.05) is 0 Å². The SMILES string of the molecule is CNC(=O)c1nc(CC(N)C(=O)O)c[nH]1. The van der Waals surface area contributed by atoms with Crippen LogP contribution in [-0.2, 0) is 11.2 Å². The number of hydrogen-bond acceptors (Lipinski definition) is 4. The van der Waals surface area contributed by atoms with Crippen molar-refractivity contribution in [3.8, 4) is 0 Å². The minimum Gasteiger partial charge on any atom is -0.480 e. The Labute approximate surface area is 85.7 Å². The Morgan fingerprint density at radius 2 is 2.40 bits per heavy atom. The molecule has 0 aliphatic carbocycles. The Balaban J connectivity index is 2.68. The van der Waals surface area contributed by atoms with Crippen LogP contribution in [0, 0.1) is 0 Å². The number of amides is 1.